The van der Waals surface area contributed by atoms with Gasteiger partial charge in [0.05, 0.1) is 12.2 Å². The first-order valence-electron chi connectivity index (χ1n) is 14.8. The molecule has 0 saturated heterocycles. The van der Waals surface area contributed by atoms with Gasteiger partial charge in [0.25, 0.3) is 0 Å². The van der Waals surface area contributed by atoms with Crippen molar-refractivity contribution in [3.63, 3.8) is 0 Å². The summed E-state index contributed by atoms with van der Waals surface area (Å²) in [6.07, 6.45) is 2.50. The second kappa shape index (κ2) is 12.6. The number of ether oxygens (including phenoxy) is 1. The van der Waals surface area contributed by atoms with Gasteiger partial charge in [-0.15, -0.1) is 0 Å². The van der Waals surface area contributed by atoms with Gasteiger partial charge in [-0.05, 0) is 47.4 Å². The van der Waals surface area contributed by atoms with Crippen molar-refractivity contribution in [2.24, 2.45) is 0 Å². The minimum Gasteiger partial charge on any atom is -0.411 e. The van der Waals surface area contributed by atoms with E-state index in [-0.39, 0.29) is 28.4 Å². The lowest BCUT2D eigenvalue weighted by Crippen LogP contribution is -2.53. The molecule has 0 N–H and O–H groups in total. The predicted molar refractivity (Wildman–Crippen MR) is 181 cm³/mol. The molecule has 3 atom stereocenters. The zero-order valence-electron chi connectivity index (χ0n) is 27.3. The van der Waals surface area contributed by atoms with Crippen LogP contribution in [-0.2, 0) is 18.2 Å². The Hall–Kier alpha value is -1.54. The first-order chi connectivity index (χ1) is 18.8. The molecule has 0 aliphatic heterocycles. The van der Waals surface area contributed by atoms with E-state index in [9.17, 15) is 4.57 Å². The van der Waals surface area contributed by atoms with Crippen molar-refractivity contribution in [3.8, 4) is 0 Å². The van der Waals surface area contributed by atoms with Crippen molar-refractivity contribution >= 4 is 34.4 Å². The van der Waals surface area contributed by atoms with Crippen LogP contribution in [0.5, 0.6) is 0 Å². The van der Waals surface area contributed by atoms with Gasteiger partial charge in [-0.3, -0.25) is 0 Å². The van der Waals surface area contributed by atoms with Crippen molar-refractivity contribution in [3.05, 3.63) is 84.5 Å². The fourth-order valence-electron chi connectivity index (χ4n) is 4.81. The molecule has 2 aromatic rings. The van der Waals surface area contributed by atoms with E-state index in [0.717, 1.165) is 21.8 Å². The van der Waals surface area contributed by atoms with E-state index in [2.05, 4.69) is 80.4 Å². The van der Waals surface area contributed by atoms with E-state index in [4.69, 9.17) is 13.6 Å². The van der Waals surface area contributed by atoms with Crippen LogP contribution in [0.3, 0.4) is 0 Å². The molecule has 226 valence electrons. The van der Waals surface area contributed by atoms with E-state index < -0.39 is 23.8 Å². The van der Waals surface area contributed by atoms with Crippen LogP contribution in [-0.4, -0.2) is 48.2 Å². The van der Waals surface area contributed by atoms with Crippen molar-refractivity contribution in [2.75, 3.05) is 13.3 Å². The highest BCUT2D eigenvalue weighted by atomic mass is 31.2. The molecule has 1 fully saturated rings. The summed E-state index contributed by atoms with van der Waals surface area (Å²) in [6, 6.07) is 19.7. The summed E-state index contributed by atoms with van der Waals surface area (Å²) >= 11 is 0. The second-order valence-electron chi connectivity index (χ2n) is 14.5. The fraction of sp³-hybridized carbons (Fsp3) is 0.529. The van der Waals surface area contributed by atoms with E-state index in [0.29, 0.717) is 12.6 Å². The average molecular weight is 613 g/mol. The van der Waals surface area contributed by atoms with Crippen LogP contribution in [0.15, 0.2) is 84.5 Å². The summed E-state index contributed by atoms with van der Waals surface area (Å²) in [5, 5.41) is 1.81. The van der Waals surface area contributed by atoms with Gasteiger partial charge in [-0.2, -0.15) is 0 Å². The van der Waals surface area contributed by atoms with Crippen LogP contribution in [0.2, 0.25) is 36.3 Å². The highest BCUT2D eigenvalue weighted by Crippen LogP contribution is 2.47. The molecular formula is C34H53O4PSi2. The molecule has 1 aliphatic rings. The molecule has 0 spiro atoms. The van der Waals surface area contributed by atoms with Gasteiger partial charge in [0, 0.05) is 30.3 Å². The van der Waals surface area contributed by atoms with Gasteiger partial charge >= 0.3 is 0 Å². The lowest BCUT2D eigenvalue weighted by molar-refractivity contribution is -0.0154. The van der Waals surface area contributed by atoms with Crippen LogP contribution in [0, 0.1) is 0 Å². The summed E-state index contributed by atoms with van der Waals surface area (Å²) in [4.78, 5) is 0. The molecule has 0 unspecified atom stereocenters. The smallest absolute Gasteiger partial charge is 0.192 e. The Morgan fingerprint density at radius 1 is 0.829 bits per heavy atom. The summed E-state index contributed by atoms with van der Waals surface area (Å²) < 4.78 is 35.2. The van der Waals surface area contributed by atoms with Crippen molar-refractivity contribution in [1.29, 1.82) is 0 Å². The van der Waals surface area contributed by atoms with E-state index in [1.165, 1.54) is 0 Å². The largest absolute Gasteiger partial charge is 0.411 e. The summed E-state index contributed by atoms with van der Waals surface area (Å²) in [7, 11) is -5.46. The van der Waals surface area contributed by atoms with Gasteiger partial charge in [0.1, 0.15) is 13.2 Å². The molecule has 7 heteroatoms. The van der Waals surface area contributed by atoms with Gasteiger partial charge in [-0.1, -0.05) is 115 Å². The summed E-state index contributed by atoms with van der Waals surface area (Å²) in [5.41, 5.74) is 1.88. The van der Waals surface area contributed by atoms with Gasteiger partial charge in [0.15, 0.2) is 16.6 Å². The Morgan fingerprint density at radius 2 is 1.27 bits per heavy atom. The third-order valence-corrected chi connectivity index (χ3v) is 21.5. The van der Waals surface area contributed by atoms with Gasteiger partial charge in [0.2, 0.25) is 0 Å². The minimum atomic E-state index is -2.97. The molecule has 0 bridgehead atoms. The Bertz CT molecular complexity index is 1210. The predicted octanol–water partition coefficient (Wildman–Crippen LogP) is 8.68. The number of hydrogen-bond donors (Lipinski definition) is 0. The van der Waals surface area contributed by atoms with Crippen molar-refractivity contribution in [1.82, 2.24) is 0 Å². The van der Waals surface area contributed by atoms with E-state index in [1.54, 1.807) is 7.11 Å². The van der Waals surface area contributed by atoms with Crippen LogP contribution in [0.4, 0.5) is 0 Å². The summed E-state index contributed by atoms with van der Waals surface area (Å²) in [6.45, 7) is 27.3. The van der Waals surface area contributed by atoms with Gasteiger partial charge < -0.3 is 18.2 Å². The molecule has 0 amide bonds. The lowest BCUT2D eigenvalue weighted by Gasteiger charge is -2.48. The minimum absolute atomic E-state index is 0.0513. The van der Waals surface area contributed by atoms with Crippen molar-refractivity contribution < 1.29 is 18.2 Å². The Kier molecular flexibility index (Phi) is 10.4. The third kappa shape index (κ3) is 7.52. The molecule has 0 radical (unpaired) electrons. The average Bonchev–Trinajstić information content (AvgIpc) is 2.88. The van der Waals surface area contributed by atoms with Crippen LogP contribution >= 0.6 is 7.14 Å². The molecule has 0 heterocycles. The monoisotopic (exact) mass is 612 g/mol. The molecule has 1 saturated carbocycles. The van der Waals surface area contributed by atoms with Crippen LogP contribution in [0.1, 0.15) is 48.0 Å². The van der Waals surface area contributed by atoms with Crippen LogP contribution in [0.25, 0.3) is 0 Å². The van der Waals surface area contributed by atoms with E-state index in [1.807, 2.05) is 60.7 Å². The maximum Gasteiger partial charge on any atom is 0.192 e. The normalized spacial score (nSPS) is 22.3. The number of benzene rings is 2. The second-order valence-corrected chi connectivity index (χ2v) is 26.8. The number of rotatable bonds is 9. The first kappa shape index (κ1) is 34.0. The Balaban J connectivity index is 2.12. The van der Waals surface area contributed by atoms with Crippen LogP contribution < -0.4 is 10.6 Å². The number of methoxy groups -OCH3 is 1. The molecule has 0 aromatic heterocycles. The first-order valence-corrected chi connectivity index (χ1v) is 22.5. The molecular weight excluding hydrogens is 560 g/mol. The number of hydrogen-bond acceptors (Lipinski definition) is 4. The molecule has 4 nitrogen and oxygen atoms in total. The zero-order chi connectivity index (χ0) is 30.9. The maximum atomic E-state index is 14.9. The lowest BCUT2D eigenvalue weighted by atomic mass is 9.83. The quantitative estimate of drug-likeness (QED) is 0.210. The molecule has 3 rings (SSSR count). The Morgan fingerprint density at radius 3 is 1.68 bits per heavy atom. The fourth-order valence-corrected chi connectivity index (χ4v) is 9.93. The van der Waals surface area contributed by atoms with E-state index >= 15 is 0 Å². The summed E-state index contributed by atoms with van der Waals surface area (Å²) in [5.74, 6) is 0. The zero-order valence-corrected chi connectivity index (χ0v) is 30.2. The van der Waals surface area contributed by atoms with Crippen molar-refractivity contribution in [2.45, 2.75) is 103 Å². The topological polar surface area (TPSA) is 44.8 Å². The SMILES string of the molecule is C=C1/C(=C\CP(=O)(c2ccccc2)c2ccccc2)[C@@H](OC)[C@@H](O[Si](C)(C)C(C)(C)C)C[C@@H]1O[Si](C)(C)C(C)(C)C. The maximum absolute atomic E-state index is 14.9. The molecule has 1 aliphatic carbocycles. The number of allylic oxidation sites excluding steroid dienone is 1. The Labute approximate surface area is 252 Å². The van der Waals surface area contributed by atoms with Gasteiger partial charge in [-0.25, -0.2) is 0 Å². The molecule has 2 aromatic carbocycles. The molecule has 41 heavy (non-hydrogen) atoms. The standard InChI is InChI=1S/C34H53O4PSi2/c1-26-29(23-24-39(35,27-19-15-13-16-20-27)28-21-17-14-18-22-28)32(36-8)31(38-41(11,12)34(5,6)7)25-30(26)37-40(9,10)33(2,3)4/h13-23,30-32H,1,24-25H2,2-12H3/b29-23+/t30-,31-,32+/m0/s1. The third-order valence-electron chi connectivity index (χ3n) is 9.51. The highest BCUT2D eigenvalue weighted by Gasteiger charge is 2.48. The highest BCUT2D eigenvalue weighted by molar-refractivity contribution is 7.78.